The van der Waals surface area contributed by atoms with Crippen LogP contribution in [0.15, 0.2) is 36.7 Å². The molecule has 0 radical (unpaired) electrons. The second kappa shape index (κ2) is 7.58. The molecule has 138 valence electrons. The summed E-state index contributed by atoms with van der Waals surface area (Å²) in [6, 6.07) is 11.4. The Hall–Kier alpha value is -2.21. The first-order chi connectivity index (χ1) is 12.8. The van der Waals surface area contributed by atoms with E-state index in [2.05, 4.69) is 57.7 Å². The van der Waals surface area contributed by atoms with Crippen LogP contribution in [0, 0.1) is 5.92 Å². The molecule has 2 aliphatic rings. The molecule has 1 aromatic heterocycles. The first-order valence-electron chi connectivity index (χ1n) is 9.73. The maximum Gasteiger partial charge on any atom is 0.224 e. The van der Waals surface area contributed by atoms with Crippen LogP contribution in [-0.2, 0) is 17.8 Å². The third-order valence-corrected chi connectivity index (χ3v) is 5.89. The number of hydrogen-bond acceptors (Lipinski definition) is 4. The third kappa shape index (κ3) is 3.26. The highest BCUT2D eigenvalue weighted by Crippen LogP contribution is 2.44. The molecule has 2 aliphatic heterocycles. The van der Waals surface area contributed by atoms with E-state index < -0.39 is 0 Å². The van der Waals surface area contributed by atoms with Crippen LogP contribution in [0.3, 0.4) is 0 Å². The number of nitrogens with one attached hydrogen (secondary N) is 1. The predicted octanol–water partition coefficient (Wildman–Crippen LogP) is 2.18. The average Bonchev–Trinajstić information content (AvgIpc) is 3.38. The minimum atomic E-state index is 0.0896. The zero-order chi connectivity index (χ0) is 17.9. The smallest absolute Gasteiger partial charge is 0.224 e. The molecule has 0 saturated carbocycles. The van der Waals surface area contributed by atoms with Crippen molar-refractivity contribution >= 4 is 5.91 Å². The Morgan fingerprint density at radius 1 is 1.31 bits per heavy atom. The summed E-state index contributed by atoms with van der Waals surface area (Å²) in [5.41, 5.74) is 1.34. The summed E-state index contributed by atoms with van der Waals surface area (Å²) in [6.07, 6.45) is 5.71. The SMILES string of the molecule is CCn1cnnc1CCNC(=O)[C@H]1C[C@@H](c2ccccc2)N2CCC[C@H]12. The standard InChI is InChI=1S/C20H27N5O/c1-2-24-14-22-23-19(24)10-11-21-20(26)16-13-18(15-7-4-3-5-8-15)25-12-6-9-17(16)25/h3-5,7-8,14,16-18H,2,6,9-13H2,1H3,(H,21,26)/t16-,17+,18-/m0/s1. The van der Waals surface area contributed by atoms with Gasteiger partial charge in [-0.05, 0) is 38.3 Å². The van der Waals surface area contributed by atoms with Crippen molar-refractivity contribution in [1.82, 2.24) is 25.0 Å². The van der Waals surface area contributed by atoms with Gasteiger partial charge in [-0.15, -0.1) is 10.2 Å². The Morgan fingerprint density at radius 2 is 2.15 bits per heavy atom. The number of amides is 1. The second-order valence-corrected chi connectivity index (χ2v) is 7.29. The zero-order valence-electron chi connectivity index (χ0n) is 15.3. The number of benzene rings is 1. The van der Waals surface area contributed by atoms with Gasteiger partial charge in [-0.25, -0.2) is 0 Å². The normalized spacial score (nSPS) is 25.3. The number of nitrogens with zero attached hydrogens (tertiary/aromatic N) is 4. The Labute approximate surface area is 154 Å². The maximum atomic E-state index is 12.9. The van der Waals surface area contributed by atoms with Crippen molar-refractivity contribution in [3.8, 4) is 0 Å². The molecule has 2 fully saturated rings. The lowest BCUT2D eigenvalue weighted by atomic mass is 9.93. The van der Waals surface area contributed by atoms with E-state index in [9.17, 15) is 4.79 Å². The van der Waals surface area contributed by atoms with Crippen LogP contribution in [0.4, 0.5) is 0 Å². The van der Waals surface area contributed by atoms with Crippen LogP contribution in [0.5, 0.6) is 0 Å². The molecule has 0 aliphatic carbocycles. The van der Waals surface area contributed by atoms with Crippen LogP contribution in [0.25, 0.3) is 0 Å². The fraction of sp³-hybridized carbons (Fsp3) is 0.550. The fourth-order valence-corrected chi connectivity index (χ4v) is 4.62. The highest BCUT2D eigenvalue weighted by Gasteiger charge is 2.46. The zero-order valence-corrected chi connectivity index (χ0v) is 15.3. The summed E-state index contributed by atoms with van der Waals surface area (Å²) in [7, 11) is 0. The lowest BCUT2D eigenvalue weighted by molar-refractivity contribution is -0.125. The van der Waals surface area contributed by atoms with Gasteiger partial charge in [0.1, 0.15) is 12.2 Å². The Kier molecular flexibility index (Phi) is 5.02. The highest BCUT2D eigenvalue weighted by atomic mass is 16.2. The largest absolute Gasteiger partial charge is 0.355 e. The number of fused-ring (bicyclic) bond motifs is 1. The van der Waals surface area contributed by atoms with E-state index >= 15 is 0 Å². The predicted molar refractivity (Wildman–Crippen MR) is 99.4 cm³/mol. The van der Waals surface area contributed by atoms with Gasteiger partial charge in [0, 0.05) is 31.6 Å². The average molecular weight is 353 g/mol. The van der Waals surface area contributed by atoms with Crippen molar-refractivity contribution in [2.24, 2.45) is 5.92 Å². The molecule has 0 bridgehead atoms. The topological polar surface area (TPSA) is 63.1 Å². The summed E-state index contributed by atoms with van der Waals surface area (Å²) in [4.78, 5) is 15.4. The molecule has 4 rings (SSSR count). The van der Waals surface area contributed by atoms with E-state index in [4.69, 9.17) is 0 Å². The molecule has 26 heavy (non-hydrogen) atoms. The Bertz CT molecular complexity index is 744. The molecule has 0 spiro atoms. The molecule has 2 aromatic rings. The van der Waals surface area contributed by atoms with Crippen LogP contribution in [-0.4, -0.2) is 44.7 Å². The van der Waals surface area contributed by atoms with Gasteiger partial charge in [0.05, 0.1) is 5.92 Å². The second-order valence-electron chi connectivity index (χ2n) is 7.29. The van der Waals surface area contributed by atoms with E-state index in [1.807, 2.05) is 4.57 Å². The van der Waals surface area contributed by atoms with Gasteiger partial charge in [-0.1, -0.05) is 30.3 Å². The number of aromatic nitrogens is 3. The first-order valence-corrected chi connectivity index (χ1v) is 9.73. The van der Waals surface area contributed by atoms with Gasteiger partial charge in [-0.3, -0.25) is 9.69 Å². The number of rotatable bonds is 6. The number of aryl methyl sites for hydroxylation is 1. The van der Waals surface area contributed by atoms with E-state index in [0.29, 0.717) is 18.6 Å². The molecular weight excluding hydrogens is 326 g/mol. The molecule has 1 amide bonds. The minimum Gasteiger partial charge on any atom is -0.355 e. The van der Waals surface area contributed by atoms with Crippen molar-refractivity contribution in [2.45, 2.75) is 51.2 Å². The molecule has 1 N–H and O–H groups in total. The Balaban J connectivity index is 1.38. The molecule has 0 unspecified atom stereocenters. The van der Waals surface area contributed by atoms with Gasteiger partial charge >= 0.3 is 0 Å². The summed E-state index contributed by atoms with van der Waals surface area (Å²) in [6.45, 7) is 4.65. The van der Waals surface area contributed by atoms with Crippen LogP contribution in [0.1, 0.15) is 43.6 Å². The van der Waals surface area contributed by atoms with Crippen molar-refractivity contribution in [1.29, 1.82) is 0 Å². The molecule has 6 heteroatoms. The fourth-order valence-electron chi connectivity index (χ4n) is 4.62. The van der Waals surface area contributed by atoms with Gasteiger partial charge in [-0.2, -0.15) is 0 Å². The number of carbonyl (C=O) groups is 1. The molecule has 6 nitrogen and oxygen atoms in total. The Morgan fingerprint density at radius 3 is 2.96 bits per heavy atom. The number of hydrogen-bond donors (Lipinski definition) is 1. The van der Waals surface area contributed by atoms with Crippen LogP contribution >= 0.6 is 0 Å². The van der Waals surface area contributed by atoms with E-state index in [1.165, 1.54) is 12.0 Å². The van der Waals surface area contributed by atoms with Gasteiger partial charge in [0.2, 0.25) is 5.91 Å². The summed E-state index contributed by atoms with van der Waals surface area (Å²) < 4.78 is 2.02. The summed E-state index contributed by atoms with van der Waals surface area (Å²) >= 11 is 0. The van der Waals surface area contributed by atoms with Crippen LogP contribution < -0.4 is 5.32 Å². The van der Waals surface area contributed by atoms with Crippen molar-refractivity contribution < 1.29 is 4.79 Å². The van der Waals surface area contributed by atoms with E-state index in [-0.39, 0.29) is 11.8 Å². The minimum absolute atomic E-state index is 0.0896. The molecule has 2 saturated heterocycles. The van der Waals surface area contributed by atoms with Crippen molar-refractivity contribution in [3.63, 3.8) is 0 Å². The van der Waals surface area contributed by atoms with E-state index in [0.717, 1.165) is 38.2 Å². The van der Waals surface area contributed by atoms with Crippen LogP contribution in [0.2, 0.25) is 0 Å². The van der Waals surface area contributed by atoms with Crippen molar-refractivity contribution in [3.05, 3.63) is 48.0 Å². The summed E-state index contributed by atoms with van der Waals surface area (Å²) in [5, 5.41) is 11.2. The number of carbonyl (C=O) groups excluding carboxylic acids is 1. The lowest BCUT2D eigenvalue weighted by Gasteiger charge is -2.24. The maximum absolute atomic E-state index is 12.9. The molecule has 3 atom stereocenters. The highest BCUT2D eigenvalue weighted by molar-refractivity contribution is 5.80. The molecule has 1 aromatic carbocycles. The molecular formula is C20H27N5O. The molecule has 3 heterocycles. The van der Waals surface area contributed by atoms with Gasteiger partial charge < -0.3 is 9.88 Å². The quantitative estimate of drug-likeness (QED) is 0.865. The lowest BCUT2D eigenvalue weighted by Crippen LogP contribution is -2.38. The third-order valence-electron chi connectivity index (χ3n) is 5.89. The van der Waals surface area contributed by atoms with Gasteiger partial charge in [0.25, 0.3) is 0 Å². The van der Waals surface area contributed by atoms with E-state index in [1.54, 1.807) is 6.33 Å². The van der Waals surface area contributed by atoms with Crippen molar-refractivity contribution in [2.75, 3.05) is 13.1 Å². The summed E-state index contributed by atoms with van der Waals surface area (Å²) in [5.74, 6) is 1.22. The monoisotopic (exact) mass is 353 g/mol. The first kappa shape index (κ1) is 17.2. The van der Waals surface area contributed by atoms with Gasteiger partial charge in [0.15, 0.2) is 0 Å².